The minimum Gasteiger partial charge on any atom is -0.456 e. The molecule has 22 rings (SSSR count). The molecule has 6 heteroatoms. The molecule has 0 fully saturated rings. The summed E-state index contributed by atoms with van der Waals surface area (Å²) in [7, 11) is 0. The van der Waals surface area contributed by atoms with Crippen LogP contribution >= 0.6 is 0 Å². The first-order valence-corrected chi connectivity index (χ1v) is 33.5. The van der Waals surface area contributed by atoms with E-state index in [2.05, 4.69) is 346 Å². The van der Waals surface area contributed by atoms with Crippen LogP contribution in [0.5, 0.6) is 0 Å². The summed E-state index contributed by atoms with van der Waals surface area (Å²) in [6, 6.07) is 123. The number of hydrogen-bond donors (Lipinski definition) is 0. The summed E-state index contributed by atoms with van der Waals surface area (Å²) in [6.45, 7) is 0. The molecule has 16 aromatic carbocycles. The van der Waals surface area contributed by atoms with Crippen molar-refractivity contribution in [2.45, 2.75) is 0 Å². The lowest BCUT2D eigenvalue weighted by Crippen LogP contribution is -1.94. The SMILES string of the molecule is c1ccc(-n2c3ccc(-c4ccc5c(c4)c4ccccc4n5-c4ccc5ccccc5c4)cc3c3c4c(ccc32)oc2ccccc24)cc1.c1ccc(-n2c3ccc(-c4ccc5c(c4)c4ccccc4n5-c4ccc5ccccc5c4)cc3c3c4oc5ccccc5c4ccc32)cc1. The number of hydrogen-bond acceptors (Lipinski definition) is 2. The lowest BCUT2D eigenvalue weighted by atomic mass is 9.99. The number of aromatic nitrogens is 4. The van der Waals surface area contributed by atoms with Gasteiger partial charge in [-0.25, -0.2) is 0 Å². The van der Waals surface area contributed by atoms with Crippen molar-refractivity contribution in [2.24, 2.45) is 0 Å². The highest BCUT2D eigenvalue weighted by molar-refractivity contribution is 6.28. The van der Waals surface area contributed by atoms with Crippen LogP contribution in [0.3, 0.4) is 0 Å². The van der Waals surface area contributed by atoms with Gasteiger partial charge in [0.2, 0.25) is 0 Å². The molecule has 0 N–H and O–H groups in total. The van der Waals surface area contributed by atoms with Gasteiger partial charge in [-0.3, -0.25) is 0 Å². The Morgan fingerprint density at radius 3 is 1.09 bits per heavy atom. The number of nitrogens with zero attached hydrogens (tertiary/aromatic N) is 4. The van der Waals surface area contributed by atoms with Gasteiger partial charge >= 0.3 is 0 Å². The Morgan fingerprint density at radius 2 is 0.551 bits per heavy atom. The second-order valence-corrected chi connectivity index (χ2v) is 25.9. The van der Waals surface area contributed by atoms with Gasteiger partial charge in [0.25, 0.3) is 0 Å². The van der Waals surface area contributed by atoms with Crippen molar-refractivity contribution in [3.8, 4) is 45.0 Å². The van der Waals surface area contributed by atoms with Crippen molar-refractivity contribution in [1.82, 2.24) is 18.3 Å². The van der Waals surface area contributed by atoms with E-state index in [-0.39, 0.29) is 0 Å². The molecule has 0 aliphatic carbocycles. The fourth-order valence-electron chi connectivity index (χ4n) is 16.2. The van der Waals surface area contributed by atoms with Gasteiger partial charge in [0.15, 0.2) is 0 Å². The molecule has 0 amide bonds. The molecular formula is C92H56N4O2. The van der Waals surface area contributed by atoms with Crippen LogP contribution in [0.2, 0.25) is 0 Å². The third-order valence-electron chi connectivity index (χ3n) is 20.6. The highest BCUT2D eigenvalue weighted by Gasteiger charge is 2.23. The Hall–Kier alpha value is -13.2. The summed E-state index contributed by atoms with van der Waals surface area (Å²) in [4.78, 5) is 0. The molecule has 0 aliphatic heterocycles. The first-order valence-electron chi connectivity index (χ1n) is 33.5. The lowest BCUT2D eigenvalue weighted by Gasteiger charge is -2.10. The molecule has 0 unspecified atom stereocenters. The van der Waals surface area contributed by atoms with Crippen molar-refractivity contribution in [2.75, 3.05) is 0 Å². The molecule has 0 saturated carbocycles. The van der Waals surface area contributed by atoms with E-state index in [1.54, 1.807) is 0 Å². The number of fused-ring (bicyclic) bond motifs is 22. The molecule has 0 saturated heterocycles. The first kappa shape index (κ1) is 54.3. The third-order valence-corrected chi connectivity index (χ3v) is 20.6. The van der Waals surface area contributed by atoms with Crippen LogP contribution in [0, 0.1) is 0 Å². The van der Waals surface area contributed by atoms with Crippen LogP contribution in [0.4, 0.5) is 0 Å². The van der Waals surface area contributed by atoms with Gasteiger partial charge in [-0.2, -0.15) is 0 Å². The van der Waals surface area contributed by atoms with Gasteiger partial charge in [-0.15, -0.1) is 0 Å². The molecule has 98 heavy (non-hydrogen) atoms. The average Bonchev–Trinajstić information content (AvgIpc) is 1.57. The van der Waals surface area contributed by atoms with Crippen LogP contribution in [-0.4, -0.2) is 18.3 Å². The molecule has 0 radical (unpaired) electrons. The molecule has 0 bridgehead atoms. The Kier molecular flexibility index (Phi) is 11.7. The monoisotopic (exact) mass is 1250 g/mol. The maximum absolute atomic E-state index is 6.63. The van der Waals surface area contributed by atoms with Crippen LogP contribution in [0.25, 0.3) is 198 Å². The third kappa shape index (κ3) is 8.15. The second kappa shape index (κ2) is 21.2. The number of para-hydroxylation sites is 6. The smallest absolute Gasteiger partial charge is 0.145 e. The number of benzene rings is 16. The van der Waals surface area contributed by atoms with Crippen molar-refractivity contribution in [1.29, 1.82) is 0 Å². The summed E-state index contributed by atoms with van der Waals surface area (Å²) in [5.74, 6) is 0. The van der Waals surface area contributed by atoms with E-state index in [1.807, 2.05) is 12.1 Å². The molecule has 6 aromatic heterocycles. The van der Waals surface area contributed by atoms with Gasteiger partial charge in [0.1, 0.15) is 22.3 Å². The average molecular weight is 1250 g/mol. The van der Waals surface area contributed by atoms with E-state index in [4.69, 9.17) is 8.83 Å². The molecule has 0 aliphatic rings. The molecular weight excluding hydrogens is 1190 g/mol. The summed E-state index contributed by atoms with van der Waals surface area (Å²) in [5.41, 5.74) is 22.5. The zero-order valence-electron chi connectivity index (χ0n) is 52.9. The van der Waals surface area contributed by atoms with Crippen LogP contribution in [0.15, 0.2) is 349 Å². The maximum atomic E-state index is 6.63. The van der Waals surface area contributed by atoms with Crippen molar-refractivity contribution >= 4 is 153 Å². The van der Waals surface area contributed by atoms with Crippen LogP contribution < -0.4 is 0 Å². The zero-order valence-corrected chi connectivity index (χ0v) is 52.9. The minimum atomic E-state index is 0.911. The number of furan rings is 2. The van der Waals surface area contributed by atoms with Crippen LogP contribution in [0.1, 0.15) is 0 Å². The Morgan fingerprint density at radius 1 is 0.173 bits per heavy atom. The van der Waals surface area contributed by atoms with Crippen LogP contribution in [-0.2, 0) is 0 Å². The predicted molar refractivity (Wildman–Crippen MR) is 411 cm³/mol. The molecule has 0 spiro atoms. The van der Waals surface area contributed by atoms with Crippen molar-refractivity contribution in [3.63, 3.8) is 0 Å². The van der Waals surface area contributed by atoms with Crippen molar-refractivity contribution in [3.05, 3.63) is 340 Å². The van der Waals surface area contributed by atoms with Gasteiger partial charge in [-0.05, 0) is 189 Å². The van der Waals surface area contributed by atoms with Gasteiger partial charge in [-0.1, -0.05) is 194 Å². The Balaban J connectivity index is 0.000000129. The minimum absolute atomic E-state index is 0.911. The Labute approximate surface area is 561 Å². The molecule has 0 atom stereocenters. The van der Waals surface area contributed by atoms with E-state index in [1.165, 1.54) is 131 Å². The van der Waals surface area contributed by atoms with Crippen molar-refractivity contribution < 1.29 is 8.83 Å². The summed E-state index contributed by atoms with van der Waals surface area (Å²) < 4.78 is 22.6. The maximum Gasteiger partial charge on any atom is 0.145 e. The topological polar surface area (TPSA) is 46.0 Å². The molecule has 22 aromatic rings. The Bertz CT molecular complexity index is 7050. The van der Waals surface area contributed by atoms with Gasteiger partial charge in [0, 0.05) is 82.0 Å². The second-order valence-electron chi connectivity index (χ2n) is 25.9. The molecule has 6 heterocycles. The molecule has 456 valence electrons. The fraction of sp³-hybridized carbons (Fsp3) is 0. The predicted octanol–water partition coefficient (Wildman–Crippen LogP) is 25.2. The fourth-order valence-corrected chi connectivity index (χ4v) is 16.2. The van der Waals surface area contributed by atoms with E-state index < -0.39 is 0 Å². The zero-order chi connectivity index (χ0) is 64.1. The summed E-state index contributed by atoms with van der Waals surface area (Å²) >= 11 is 0. The number of rotatable bonds is 6. The largest absolute Gasteiger partial charge is 0.456 e. The van der Waals surface area contributed by atoms with E-state index in [9.17, 15) is 0 Å². The first-order chi connectivity index (χ1) is 48.6. The normalized spacial score (nSPS) is 12.1. The van der Waals surface area contributed by atoms with Gasteiger partial charge in [0.05, 0.1) is 49.5 Å². The summed E-state index contributed by atoms with van der Waals surface area (Å²) in [6.07, 6.45) is 0. The highest BCUT2D eigenvalue weighted by Crippen LogP contribution is 2.46. The van der Waals surface area contributed by atoms with E-state index >= 15 is 0 Å². The quantitative estimate of drug-likeness (QED) is 0.167. The molecule has 6 nitrogen and oxygen atoms in total. The standard InChI is InChI=1S/2C46H28N2O/c1-2-12-33(13-3-1)47-42-24-20-32(28-39(42)45-43(47)25-22-37-36-15-7-9-17-44(36)49-46(37)45)31-19-23-41-38(27-31)35-14-6-8-16-40(35)48(41)34-21-18-29-10-4-5-11-30(29)26-34;1-2-12-33(13-3-1)47-41-23-20-32(28-38(41)45-42(47)24-25-44-46(45)36-15-7-9-17-43(36)49-44)31-19-22-40-37(27-31)35-14-6-8-16-39(35)48(40)34-21-18-29-10-4-5-11-30(29)26-34/h2*1-28H. The van der Waals surface area contributed by atoms with E-state index in [0.29, 0.717) is 0 Å². The summed E-state index contributed by atoms with van der Waals surface area (Å²) in [5, 5.41) is 19.3. The van der Waals surface area contributed by atoms with Gasteiger partial charge < -0.3 is 27.1 Å². The van der Waals surface area contributed by atoms with E-state index in [0.717, 1.165) is 66.3 Å². The lowest BCUT2D eigenvalue weighted by molar-refractivity contribution is 0.669. The highest BCUT2D eigenvalue weighted by atomic mass is 16.3.